The number of halogens is 2. The lowest BCUT2D eigenvalue weighted by molar-refractivity contribution is -0.140. The van der Waals surface area contributed by atoms with Crippen LogP contribution in [0.25, 0.3) is 0 Å². The summed E-state index contributed by atoms with van der Waals surface area (Å²) in [5.74, 6) is -0.813. The molecule has 0 saturated carbocycles. The van der Waals surface area contributed by atoms with Crippen molar-refractivity contribution < 1.29 is 18.0 Å². The van der Waals surface area contributed by atoms with E-state index in [0.717, 1.165) is 21.9 Å². The Balaban J connectivity index is 2.06. The van der Waals surface area contributed by atoms with Gasteiger partial charge in [-0.2, -0.15) is 0 Å². The first-order valence-corrected chi connectivity index (χ1v) is 14.9. The predicted molar refractivity (Wildman–Crippen MR) is 157 cm³/mol. The number of benzene rings is 3. The molecule has 0 fully saturated rings. The molecule has 0 aliphatic carbocycles. The molecular weight excluding hydrogens is 557 g/mol. The zero-order valence-corrected chi connectivity index (χ0v) is 24.6. The van der Waals surface area contributed by atoms with Crippen LogP contribution in [-0.4, -0.2) is 44.3 Å². The standard InChI is InChI=1S/C29H33Cl2N3O4S/c1-4-17-32-29(36)27(5-2)33(19-22-13-11-21(3)12-14-22)28(35)20-34(23-15-16-25(30)26(31)18-23)39(37,38)24-9-7-6-8-10-24/h6-16,18,27H,4-5,17,19-20H2,1-3H3,(H,32,36)/t27-/m1/s1. The summed E-state index contributed by atoms with van der Waals surface area (Å²) >= 11 is 12.3. The maximum atomic E-state index is 14.0. The van der Waals surface area contributed by atoms with Crippen molar-refractivity contribution in [3.8, 4) is 0 Å². The van der Waals surface area contributed by atoms with Gasteiger partial charge in [-0.15, -0.1) is 0 Å². The zero-order valence-electron chi connectivity index (χ0n) is 22.2. The molecule has 208 valence electrons. The van der Waals surface area contributed by atoms with Crippen molar-refractivity contribution in [2.24, 2.45) is 0 Å². The summed E-state index contributed by atoms with van der Waals surface area (Å²) < 4.78 is 28.6. The molecule has 0 saturated heterocycles. The van der Waals surface area contributed by atoms with Gasteiger partial charge in [0.25, 0.3) is 10.0 Å². The minimum Gasteiger partial charge on any atom is -0.354 e. The minimum absolute atomic E-state index is 0.0155. The number of carbonyl (C=O) groups excluding carboxylic acids is 2. The van der Waals surface area contributed by atoms with Crippen LogP contribution in [0.5, 0.6) is 0 Å². The lowest BCUT2D eigenvalue weighted by Gasteiger charge is -2.33. The fraction of sp³-hybridized carbons (Fsp3) is 0.310. The molecule has 1 N–H and O–H groups in total. The molecule has 0 unspecified atom stereocenters. The summed E-state index contributed by atoms with van der Waals surface area (Å²) in [6.45, 7) is 5.79. The van der Waals surface area contributed by atoms with Crippen molar-refractivity contribution in [1.82, 2.24) is 10.2 Å². The van der Waals surface area contributed by atoms with Crippen LogP contribution in [0.4, 0.5) is 5.69 Å². The average molecular weight is 591 g/mol. The number of hydrogen-bond acceptors (Lipinski definition) is 4. The number of aryl methyl sites for hydroxylation is 1. The van der Waals surface area contributed by atoms with E-state index in [-0.39, 0.29) is 33.1 Å². The summed E-state index contributed by atoms with van der Waals surface area (Å²) in [5, 5.41) is 3.27. The smallest absolute Gasteiger partial charge is 0.264 e. The third-order valence-electron chi connectivity index (χ3n) is 6.21. The number of nitrogens with zero attached hydrogens (tertiary/aromatic N) is 2. The Hall–Kier alpha value is -3.07. The Labute approximate surface area is 240 Å². The normalized spacial score (nSPS) is 12.0. The van der Waals surface area contributed by atoms with E-state index in [4.69, 9.17) is 23.2 Å². The van der Waals surface area contributed by atoms with E-state index in [9.17, 15) is 18.0 Å². The van der Waals surface area contributed by atoms with Crippen molar-refractivity contribution >= 4 is 50.7 Å². The van der Waals surface area contributed by atoms with E-state index in [0.29, 0.717) is 13.0 Å². The quantitative estimate of drug-likeness (QED) is 0.288. The number of carbonyl (C=O) groups is 2. The van der Waals surface area contributed by atoms with Crippen molar-refractivity contribution in [1.29, 1.82) is 0 Å². The van der Waals surface area contributed by atoms with Crippen LogP contribution in [0.2, 0.25) is 10.0 Å². The highest BCUT2D eigenvalue weighted by Gasteiger charge is 2.33. The van der Waals surface area contributed by atoms with Gasteiger partial charge < -0.3 is 10.2 Å². The lowest BCUT2D eigenvalue weighted by Crippen LogP contribution is -2.52. The Morgan fingerprint density at radius 3 is 2.18 bits per heavy atom. The molecule has 0 radical (unpaired) electrons. The van der Waals surface area contributed by atoms with Gasteiger partial charge in [-0.25, -0.2) is 8.42 Å². The molecule has 0 aliphatic rings. The topological polar surface area (TPSA) is 86.8 Å². The van der Waals surface area contributed by atoms with E-state index < -0.39 is 28.5 Å². The van der Waals surface area contributed by atoms with Gasteiger partial charge >= 0.3 is 0 Å². The maximum absolute atomic E-state index is 14.0. The van der Waals surface area contributed by atoms with Crippen molar-refractivity contribution in [2.45, 2.75) is 51.1 Å². The van der Waals surface area contributed by atoms with Crippen LogP contribution in [0, 0.1) is 6.92 Å². The Kier molecular flexibility index (Phi) is 10.8. The summed E-state index contributed by atoms with van der Waals surface area (Å²) in [6.07, 6.45) is 1.10. The lowest BCUT2D eigenvalue weighted by atomic mass is 10.1. The number of hydrogen-bond donors (Lipinski definition) is 1. The summed E-state index contributed by atoms with van der Waals surface area (Å²) in [5.41, 5.74) is 2.06. The molecule has 0 bridgehead atoms. The highest BCUT2D eigenvalue weighted by Crippen LogP contribution is 2.31. The van der Waals surface area contributed by atoms with E-state index in [1.165, 1.54) is 35.2 Å². The van der Waals surface area contributed by atoms with Gasteiger partial charge in [-0.1, -0.05) is 85.1 Å². The predicted octanol–water partition coefficient (Wildman–Crippen LogP) is 5.83. The SMILES string of the molecule is CCCNC(=O)[C@@H](CC)N(Cc1ccc(C)cc1)C(=O)CN(c1ccc(Cl)c(Cl)c1)S(=O)(=O)c1ccccc1. The van der Waals surface area contributed by atoms with Gasteiger partial charge in [0.1, 0.15) is 12.6 Å². The van der Waals surface area contributed by atoms with Gasteiger partial charge in [-0.3, -0.25) is 13.9 Å². The van der Waals surface area contributed by atoms with Crippen LogP contribution in [-0.2, 0) is 26.2 Å². The Morgan fingerprint density at radius 1 is 0.923 bits per heavy atom. The van der Waals surface area contributed by atoms with Crippen molar-refractivity contribution in [3.63, 3.8) is 0 Å². The van der Waals surface area contributed by atoms with E-state index in [1.54, 1.807) is 18.2 Å². The van der Waals surface area contributed by atoms with Crippen molar-refractivity contribution in [2.75, 3.05) is 17.4 Å². The zero-order chi connectivity index (χ0) is 28.6. The second-order valence-electron chi connectivity index (χ2n) is 9.15. The van der Waals surface area contributed by atoms with Gasteiger partial charge in [0.15, 0.2) is 0 Å². The molecular formula is C29H33Cl2N3O4S. The van der Waals surface area contributed by atoms with Crippen LogP contribution >= 0.6 is 23.2 Å². The minimum atomic E-state index is -4.17. The second kappa shape index (κ2) is 13.8. The first kappa shape index (κ1) is 30.5. The molecule has 0 aromatic heterocycles. The summed E-state index contributed by atoms with van der Waals surface area (Å²) in [4.78, 5) is 28.6. The second-order valence-corrected chi connectivity index (χ2v) is 11.8. The van der Waals surface area contributed by atoms with Crippen LogP contribution in [0.3, 0.4) is 0 Å². The van der Waals surface area contributed by atoms with Gasteiger partial charge in [-0.05, 0) is 55.7 Å². The molecule has 3 aromatic rings. The number of amides is 2. The van der Waals surface area contributed by atoms with Crippen LogP contribution in [0.1, 0.15) is 37.8 Å². The van der Waals surface area contributed by atoms with Gasteiger partial charge in [0.2, 0.25) is 11.8 Å². The summed E-state index contributed by atoms with van der Waals surface area (Å²) in [7, 11) is -4.17. The molecule has 0 aliphatic heterocycles. The Morgan fingerprint density at radius 2 is 1.59 bits per heavy atom. The first-order valence-electron chi connectivity index (χ1n) is 12.7. The summed E-state index contributed by atoms with van der Waals surface area (Å²) in [6, 6.07) is 19.1. The molecule has 0 heterocycles. The maximum Gasteiger partial charge on any atom is 0.264 e. The number of nitrogens with one attached hydrogen (secondary N) is 1. The fourth-order valence-corrected chi connectivity index (χ4v) is 5.78. The van der Waals surface area contributed by atoms with Crippen LogP contribution < -0.4 is 9.62 Å². The fourth-order valence-electron chi connectivity index (χ4n) is 4.06. The van der Waals surface area contributed by atoms with E-state index in [1.807, 2.05) is 45.0 Å². The molecule has 39 heavy (non-hydrogen) atoms. The molecule has 7 nitrogen and oxygen atoms in total. The highest BCUT2D eigenvalue weighted by molar-refractivity contribution is 7.92. The average Bonchev–Trinajstić information content (AvgIpc) is 2.93. The van der Waals surface area contributed by atoms with Crippen molar-refractivity contribution in [3.05, 3.63) is 94.0 Å². The van der Waals surface area contributed by atoms with E-state index >= 15 is 0 Å². The first-order chi connectivity index (χ1) is 18.6. The molecule has 0 spiro atoms. The number of rotatable bonds is 12. The largest absolute Gasteiger partial charge is 0.354 e. The number of sulfonamides is 1. The van der Waals surface area contributed by atoms with Gasteiger partial charge in [0.05, 0.1) is 20.6 Å². The van der Waals surface area contributed by atoms with Gasteiger partial charge in [0, 0.05) is 13.1 Å². The molecule has 1 atom stereocenters. The monoisotopic (exact) mass is 589 g/mol. The van der Waals surface area contributed by atoms with Crippen LogP contribution in [0.15, 0.2) is 77.7 Å². The molecule has 10 heteroatoms. The highest BCUT2D eigenvalue weighted by atomic mass is 35.5. The molecule has 3 aromatic carbocycles. The Bertz CT molecular complexity index is 1380. The third kappa shape index (κ3) is 7.75. The van der Waals surface area contributed by atoms with E-state index in [2.05, 4.69) is 5.32 Å². The number of anilines is 1. The molecule has 3 rings (SSSR count). The molecule has 2 amide bonds. The third-order valence-corrected chi connectivity index (χ3v) is 8.74.